The smallest absolute Gasteiger partial charge is 0.209 e. The lowest BCUT2D eigenvalue weighted by atomic mass is 9.74. The molecule has 0 aromatic rings. The highest BCUT2D eigenvalue weighted by Crippen LogP contribution is 2.42. The molecule has 2 rings (SSSR count). The maximum Gasteiger partial charge on any atom is 0.209 e. The Morgan fingerprint density at radius 2 is 1.83 bits per heavy atom. The van der Waals surface area contributed by atoms with Crippen LogP contribution < -0.4 is 10.5 Å². The SMILES string of the molecule is Cl.NS(=O)(=O)CC1CNCC12CCS(=O)(=O)CC2. The lowest BCUT2D eigenvalue weighted by Gasteiger charge is -2.37. The van der Waals surface area contributed by atoms with Crippen molar-refractivity contribution in [2.24, 2.45) is 16.5 Å². The fraction of sp³-hybridized carbons (Fsp3) is 1.00. The average Bonchev–Trinajstić information content (AvgIpc) is 2.53. The molecule has 3 N–H and O–H groups in total. The highest BCUT2D eigenvalue weighted by molar-refractivity contribution is 7.91. The first-order chi connectivity index (χ1) is 7.73. The van der Waals surface area contributed by atoms with Gasteiger partial charge in [0.25, 0.3) is 0 Å². The van der Waals surface area contributed by atoms with E-state index in [-0.39, 0.29) is 41.0 Å². The third-order valence-corrected chi connectivity index (χ3v) is 6.51. The van der Waals surface area contributed by atoms with Gasteiger partial charge in [-0.05, 0) is 30.7 Å². The van der Waals surface area contributed by atoms with E-state index in [9.17, 15) is 16.8 Å². The molecule has 0 aliphatic carbocycles. The van der Waals surface area contributed by atoms with Crippen LogP contribution in [0.25, 0.3) is 0 Å². The van der Waals surface area contributed by atoms with E-state index in [1.165, 1.54) is 0 Å². The highest BCUT2D eigenvalue weighted by atomic mass is 35.5. The van der Waals surface area contributed by atoms with Crippen molar-refractivity contribution in [2.45, 2.75) is 12.8 Å². The third-order valence-electron chi connectivity index (χ3n) is 3.99. The van der Waals surface area contributed by atoms with Gasteiger partial charge in [-0.25, -0.2) is 22.0 Å². The molecule has 1 unspecified atom stereocenters. The van der Waals surface area contributed by atoms with E-state index in [0.717, 1.165) is 0 Å². The normalized spacial score (nSPS) is 29.9. The van der Waals surface area contributed by atoms with Crippen LogP contribution >= 0.6 is 12.4 Å². The van der Waals surface area contributed by atoms with Gasteiger partial charge in [0.2, 0.25) is 10.0 Å². The highest BCUT2D eigenvalue weighted by Gasteiger charge is 2.47. The molecule has 1 atom stereocenters. The van der Waals surface area contributed by atoms with E-state index in [1.807, 2.05) is 0 Å². The second kappa shape index (κ2) is 5.24. The van der Waals surface area contributed by atoms with Gasteiger partial charge in [-0.1, -0.05) is 0 Å². The first-order valence-electron chi connectivity index (χ1n) is 5.64. The summed E-state index contributed by atoms with van der Waals surface area (Å²) < 4.78 is 45.2. The van der Waals surface area contributed by atoms with Crippen molar-refractivity contribution in [2.75, 3.05) is 30.3 Å². The van der Waals surface area contributed by atoms with E-state index in [0.29, 0.717) is 25.9 Å². The number of sulfonamides is 1. The Hall–Kier alpha value is 0.110. The van der Waals surface area contributed by atoms with Gasteiger partial charge in [0, 0.05) is 6.54 Å². The summed E-state index contributed by atoms with van der Waals surface area (Å²) in [7, 11) is -6.42. The predicted octanol–water partition coefficient (Wildman–Crippen LogP) is -0.889. The van der Waals surface area contributed by atoms with Crippen LogP contribution in [0, 0.1) is 11.3 Å². The van der Waals surface area contributed by atoms with Crippen molar-refractivity contribution in [1.82, 2.24) is 5.32 Å². The summed E-state index contributed by atoms with van der Waals surface area (Å²) >= 11 is 0. The van der Waals surface area contributed by atoms with Crippen LogP contribution in [0.2, 0.25) is 0 Å². The molecule has 108 valence electrons. The fourth-order valence-electron chi connectivity index (χ4n) is 2.90. The molecule has 2 heterocycles. The maximum atomic E-state index is 11.4. The van der Waals surface area contributed by atoms with Crippen molar-refractivity contribution < 1.29 is 16.8 Å². The zero-order valence-electron chi connectivity index (χ0n) is 9.96. The second-order valence-electron chi connectivity index (χ2n) is 5.17. The first kappa shape index (κ1) is 16.2. The standard InChI is InChI=1S/C9H18N2O4S2.ClH/c10-17(14,15)6-8-5-11-7-9(8)1-3-16(12,13)4-2-9;/h8,11H,1-7H2,(H2,10,14,15);1H. The predicted molar refractivity (Wildman–Crippen MR) is 71.9 cm³/mol. The zero-order valence-corrected chi connectivity index (χ0v) is 12.4. The Morgan fingerprint density at radius 3 is 2.33 bits per heavy atom. The largest absolute Gasteiger partial charge is 0.316 e. The zero-order chi connectivity index (χ0) is 12.7. The monoisotopic (exact) mass is 318 g/mol. The fourth-order valence-corrected chi connectivity index (χ4v) is 5.57. The number of sulfone groups is 1. The van der Waals surface area contributed by atoms with E-state index >= 15 is 0 Å². The summed E-state index contributed by atoms with van der Waals surface area (Å²) in [5.41, 5.74) is -0.197. The molecule has 1 spiro atoms. The minimum Gasteiger partial charge on any atom is -0.316 e. The first-order valence-corrected chi connectivity index (χ1v) is 9.18. The lowest BCUT2D eigenvalue weighted by molar-refractivity contribution is 0.216. The number of nitrogens with two attached hydrogens (primary N) is 1. The van der Waals surface area contributed by atoms with Gasteiger partial charge in [-0.3, -0.25) is 0 Å². The van der Waals surface area contributed by atoms with E-state index in [2.05, 4.69) is 5.32 Å². The minimum atomic E-state index is -3.50. The van der Waals surface area contributed by atoms with Gasteiger partial charge in [0.1, 0.15) is 9.84 Å². The molecule has 0 bridgehead atoms. The molecular formula is C9H19ClN2O4S2. The molecule has 18 heavy (non-hydrogen) atoms. The topological polar surface area (TPSA) is 106 Å². The van der Waals surface area contributed by atoms with Crippen LogP contribution in [-0.2, 0) is 19.9 Å². The molecule has 2 saturated heterocycles. The Balaban J connectivity index is 0.00000162. The summed E-state index contributed by atoms with van der Waals surface area (Å²) in [5, 5.41) is 8.25. The number of hydrogen-bond donors (Lipinski definition) is 2. The molecule has 0 aromatic carbocycles. The van der Waals surface area contributed by atoms with Crippen LogP contribution in [0.15, 0.2) is 0 Å². The van der Waals surface area contributed by atoms with Crippen molar-refractivity contribution in [1.29, 1.82) is 0 Å². The second-order valence-corrected chi connectivity index (χ2v) is 9.13. The van der Waals surface area contributed by atoms with E-state index in [1.54, 1.807) is 0 Å². The summed E-state index contributed by atoms with van der Waals surface area (Å²) in [5.74, 6) is 0.207. The van der Waals surface area contributed by atoms with Crippen molar-refractivity contribution >= 4 is 32.3 Å². The Bertz CT molecular complexity index is 489. The third kappa shape index (κ3) is 3.57. The maximum absolute atomic E-state index is 11.4. The van der Waals surface area contributed by atoms with Crippen LogP contribution in [0.1, 0.15) is 12.8 Å². The molecular weight excluding hydrogens is 300 g/mol. The molecule has 2 aliphatic rings. The molecule has 2 fully saturated rings. The van der Waals surface area contributed by atoms with Crippen LogP contribution in [-0.4, -0.2) is 47.2 Å². The van der Waals surface area contributed by atoms with Gasteiger partial charge in [-0.15, -0.1) is 12.4 Å². The number of hydrogen-bond acceptors (Lipinski definition) is 5. The number of primary sulfonamides is 1. The average molecular weight is 319 g/mol. The van der Waals surface area contributed by atoms with Crippen LogP contribution in [0.3, 0.4) is 0 Å². The Labute approximate surface area is 114 Å². The van der Waals surface area contributed by atoms with Crippen LogP contribution in [0.5, 0.6) is 0 Å². The van der Waals surface area contributed by atoms with Gasteiger partial charge in [0.05, 0.1) is 17.3 Å². The Kier molecular flexibility index (Phi) is 4.71. The lowest BCUT2D eigenvalue weighted by Crippen LogP contribution is -2.42. The molecule has 0 saturated carbocycles. The van der Waals surface area contributed by atoms with Gasteiger partial charge in [-0.2, -0.15) is 0 Å². The van der Waals surface area contributed by atoms with E-state index < -0.39 is 19.9 Å². The molecule has 0 aromatic heterocycles. The number of nitrogens with one attached hydrogen (secondary N) is 1. The number of rotatable bonds is 2. The summed E-state index contributed by atoms with van der Waals surface area (Å²) in [6.07, 6.45) is 1.09. The molecule has 6 nitrogen and oxygen atoms in total. The molecule has 9 heteroatoms. The van der Waals surface area contributed by atoms with Crippen LogP contribution in [0.4, 0.5) is 0 Å². The number of halogens is 1. The minimum absolute atomic E-state index is 0. The van der Waals surface area contributed by atoms with Gasteiger partial charge in [0.15, 0.2) is 0 Å². The summed E-state index contributed by atoms with van der Waals surface area (Å²) in [6, 6.07) is 0. The van der Waals surface area contributed by atoms with Crippen molar-refractivity contribution in [3.05, 3.63) is 0 Å². The van der Waals surface area contributed by atoms with Crippen molar-refractivity contribution in [3.63, 3.8) is 0 Å². The van der Waals surface area contributed by atoms with Gasteiger partial charge >= 0.3 is 0 Å². The van der Waals surface area contributed by atoms with E-state index in [4.69, 9.17) is 5.14 Å². The molecule has 0 radical (unpaired) electrons. The molecule has 2 aliphatic heterocycles. The Morgan fingerprint density at radius 1 is 1.28 bits per heavy atom. The van der Waals surface area contributed by atoms with Crippen molar-refractivity contribution in [3.8, 4) is 0 Å². The summed E-state index contributed by atoms with van der Waals surface area (Å²) in [6.45, 7) is 1.30. The quantitative estimate of drug-likeness (QED) is 0.687. The van der Waals surface area contributed by atoms with Gasteiger partial charge < -0.3 is 5.32 Å². The molecule has 0 amide bonds. The summed E-state index contributed by atoms with van der Waals surface area (Å²) in [4.78, 5) is 0.